The van der Waals surface area contributed by atoms with E-state index in [1.165, 1.54) is 5.56 Å². The SMILES string of the molecule is C#Cc1cc2c(cc1Cc1ccc(CCC)cc1)[C@](C)([C@H](O)[C@@H](O)[C@H](O)[C@H](C)CO)OC2. The number of aliphatic hydroxyl groups is 4. The highest BCUT2D eigenvalue weighted by atomic mass is 16.5. The standard InChI is InChI=1S/C27H34O5/c1-5-7-18-8-10-19(11-9-18)12-21-14-23-22(13-20(21)6-2)16-32-27(23,4)26(31)25(30)24(29)17(3)15-28/h2,8-11,13-14,17,24-26,28-31H,5,7,12,15-16H2,1,3-4H3/t17-,24-,25+,26-,27-/m1/s1. The van der Waals surface area contributed by atoms with Crippen LogP contribution in [0.25, 0.3) is 0 Å². The van der Waals surface area contributed by atoms with E-state index in [1.807, 2.05) is 12.1 Å². The van der Waals surface area contributed by atoms with Gasteiger partial charge in [0.25, 0.3) is 0 Å². The van der Waals surface area contributed by atoms with Gasteiger partial charge in [0.1, 0.15) is 17.8 Å². The summed E-state index contributed by atoms with van der Waals surface area (Å²) in [5, 5.41) is 41.2. The first-order chi connectivity index (χ1) is 15.2. The molecule has 5 nitrogen and oxygen atoms in total. The van der Waals surface area contributed by atoms with Crippen molar-refractivity contribution in [3.8, 4) is 12.3 Å². The van der Waals surface area contributed by atoms with Gasteiger partial charge in [0.15, 0.2) is 0 Å². The van der Waals surface area contributed by atoms with E-state index in [0.29, 0.717) is 6.42 Å². The van der Waals surface area contributed by atoms with Gasteiger partial charge in [-0.25, -0.2) is 0 Å². The second-order valence-corrected chi connectivity index (χ2v) is 9.04. The van der Waals surface area contributed by atoms with Crippen LogP contribution in [0.15, 0.2) is 36.4 Å². The van der Waals surface area contributed by atoms with Crippen molar-refractivity contribution in [3.63, 3.8) is 0 Å². The van der Waals surface area contributed by atoms with Crippen LogP contribution < -0.4 is 0 Å². The first-order valence-corrected chi connectivity index (χ1v) is 11.2. The molecule has 2 aromatic carbocycles. The molecule has 0 radical (unpaired) electrons. The molecule has 1 heterocycles. The van der Waals surface area contributed by atoms with Gasteiger partial charge in [-0.3, -0.25) is 0 Å². The van der Waals surface area contributed by atoms with Crippen molar-refractivity contribution in [2.24, 2.45) is 5.92 Å². The van der Waals surface area contributed by atoms with Gasteiger partial charge < -0.3 is 25.2 Å². The third kappa shape index (κ3) is 4.76. The van der Waals surface area contributed by atoms with Crippen LogP contribution >= 0.6 is 0 Å². The predicted molar refractivity (Wildman–Crippen MR) is 124 cm³/mol. The van der Waals surface area contributed by atoms with Gasteiger partial charge in [-0.1, -0.05) is 56.5 Å². The zero-order valence-electron chi connectivity index (χ0n) is 19.1. The summed E-state index contributed by atoms with van der Waals surface area (Å²) in [4.78, 5) is 0. The molecule has 0 fully saturated rings. The summed E-state index contributed by atoms with van der Waals surface area (Å²) in [6.45, 7) is 5.43. The maximum absolute atomic E-state index is 11.0. The van der Waals surface area contributed by atoms with E-state index in [2.05, 4.69) is 37.1 Å². The van der Waals surface area contributed by atoms with E-state index >= 15 is 0 Å². The minimum absolute atomic E-state index is 0.252. The zero-order valence-corrected chi connectivity index (χ0v) is 19.1. The number of fused-ring (bicyclic) bond motifs is 1. The van der Waals surface area contributed by atoms with Crippen LogP contribution in [0.1, 0.15) is 60.6 Å². The molecule has 0 unspecified atom stereocenters. The van der Waals surface area contributed by atoms with Crippen molar-refractivity contribution in [2.45, 2.75) is 70.6 Å². The summed E-state index contributed by atoms with van der Waals surface area (Å²) >= 11 is 0. The highest BCUT2D eigenvalue weighted by Crippen LogP contribution is 2.42. The van der Waals surface area contributed by atoms with Gasteiger partial charge in [-0.2, -0.15) is 0 Å². The normalized spacial score (nSPS) is 21.4. The molecule has 0 saturated carbocycles. The molecule has 0 spiro atoms. The highest BCUT2D eigenvalue weighted by Gasteiger charge is 2.47. The molecule has 0 saturated heterocycles. The number of rotatable bonds is 9. The molecule has 4 N–H and O–H groups in total. The fraction of sp³-hybridized carbons (Fsp3) is 0.481. The van der Waals surface area contributed by atoms with Gasteiger partial charge in [0.2, 0.25) is 0 Å². The van der Waals surface area contributed by atoms with Gasteiger partial charge in [-0.05, 0) is 53.6 Å². The van der Waals surface area contributed by atoms with Crippen LogP contribution in [0.5, 0.6) is 0 Å². The molecule has 172 valence electrons. The first-order valence-electron chi connectivity index (χ1n) is 11.2. The van der Waals surface area contributed by atoms with Crippen molar-refractivity contribution in [1.29, 1.82) is 0 Å². The Labute approximate surface area is 190 Å². The van der Waals surface area contributed by atoms with E-state index in [4.69, 9.17) is 11.2 Å². The lowest BCUT2D eigenvalue weighted by molar-refractivity contribution is -0.177. The highest BCUT2D eigenvalue weighted by molar-refractivity contribution is 5.51. The molecule has 5 atom stereocenters. The Kier molecular flexibility index (Phi) is 7.76. The van der Waals surface area contributed by atoms with Crippen molar-refractivity contribution in [3.05, 3.63) is 69.8 Å². The molecule has 1 aliphatic rings. The van der Waals surface area contributed by atoms with E-state index < -0.39 is 29.8 Å². The van der Waals surface area contributed by atoms with Crippen LogP contribution in [0.3, 0.4) is 0 Å². The van der Waals surface area contributed by atoms with Crippen molar-refractivity contribution >= 4 is 0 Å². The number of aryl methyl sites for hydroxylation is 1. The van der Waals surface area contributed by atoms with Gasteiger partial charge in [0, 0.05) is 18.1 Å². The molecule has 0 aromatic heterocycles. The Balaban J connectivity index is 1.92. The van der Waals surface area contributed by atoms with Gasteiger partial charge in [0.05, 0.1) is 12.7 Å². The monoisotopic (exact) mass is 438 g/mol. The Morgan fingerprint density at radius 1 is 1.09 bits per heavy atom. The van der Waals surface area contributed by atoms with Crippen molar-refractivity contribution < 1.29 is 25.2 Å². The summed E-state index contributed by atoms with van der Waals surface area (Å²) in [7, 11) is 0. The molecule has 5 heteroatoms. The zero-order chi connectivity index (χ0) is 23.5. The number of ether oxygens (including phenoxy) is 1. The van der Waals surface area contributed by atoms with Crippen molar-refractivity contribution in [1.82, 2.24) is 0 Å². The van der Waals surface area contributed by atoms with E-state index in [1.54, 1.807) is 13.8 Å². The van der Waals surface area contributed by atoms with Crippen LogP contribution in [-0.4, -0.2) is 45.3 Å². The van der Waals surface area contributed by atoms with Crippen LogP contribution in [0.2, 0.25) is 0 Å². The fourth-order valence-electron chi connectivity index (χ4n) is 4.39. The Hall–Kier alpha value is -2.20. The largest absolute Gasteiger partial charge is 0.396 e. The fourth-order valence-corrected chi connectivity index (χ4v) is 4.39. The Bertz CT molecular complexity index is 961. The summed E-state index contributed by atoms with van der Waals surface area (Å²) in [5.41, 5.74) is 4.56. The van der Waals surface area contributed by atoms with Crippen molar-refractivity contribution in [2.75, 3.05) is 6.61 Å². The van der Waals surface area contributed by atoms with Crippen LogP contribution in [-0.2, 0) is 29.8 Å². The maximum Gasteiger partial charge on any atom is 0.120 e. The molecule has 1 aliphatic heterocycles. The molecule has 0 amide bonds. The molecule has 0 bridgehead atoms. The molecule has 32 heavy (non-hydrogen) atoms. The number of aliphatic hydroxyl groups excluding tert-OH is 4. The van der Waals surface area contributed by atoms with Crippen LogP contribution in [0.4, 0.5) is 0 Å². The molecule has 0 aliphatic carbocycles. The van der Waals surface area contributed by atoms with E-state index in [0.717, 1.165) is 40.7 Å². The number of terminal acetylenes is 1. The average molecular weight is 439 g/mol. The predicted octanol–water partition coefficient (Wildman–Crippen LogP) is 2.67. The minimum atomic E-state index is -1.48. The third-order valence-electron chi connectivity index (χ3n) is 6.61. The summed E-state index contributed by atoms with van der Waals surface area (Å²) in [5.74, 6) is 2.18. The Morgan fingerprint density at radius 3 is 2.34 bits per heavy atom. The molecular formula is C27H34O5. The molecule has 2 aromatic rings. The lowest BCUT2D eigenvalue weighted by Gasteiger charge is -2.36. The summed E-state index contributed by atoms with van der Waals surface area (Å²) < 4.78 is 5.95. The summed E-state index contributed by atoms with van der Waals surface area (Å²) in [6.07, 6.45) is 4.43. The maximum atomic E-state index is 11.0. The first kappa shape index (κ1) is 24.4. The second kappa shape index (κ2) is 10.2. The molecule has 3 rings (SSSR count). The van der Waals surface area contributed by atoms with Crippen LogP contribution in [0, 0.1) is 18.3 Å². The topological polar surface area (TPSA) is 90.2 Å². The molecular weight excluding hydrogens is 404 g/mol. The average Bonchev–Trinajstić information content (AvgIpc) is 3.14. The van der Waals surface area contributed by atoms with Gasteiger partial charge >= 0.3 is 0 Å². The van der Waals surface area contributed by atoms with E-state index in [9.17, 15) is 20.4 Å². The number of benzene rings is 2. The Morgan fingerprint density at radius 2 is 1.75 bits per heavy atom. The second-order valence-electron chi connectivity index (χ2n) is 9.04. The lowest BCUT2D eigenvalue weighted by atomic mass is 9.81. The quantitative estimate of drug-likeness (QED) is 0.452. The lowest BCUT2D eigenvalue weighted by Crippen LogP contribution is -2.51. The third-order valence-corrected chi connectivity index (χ3v) is 6.61. The van der Waals surface area contributed by atoms with E-state index in [-0.39, 0.29) is 13.2 Å². The summed E-state index contributed by atoms with van der Waals surface area (Å²) in [6, 6.07) is 12.4. The van der Waals surface area contributed by atoms with Gasteiger partial charge in [-0.15, -0.1) is 6.42 Å². The number of hydrogen-bond donors (Lipinski definition) is 4. The number of hydrogen-bond acceptors (Lipinski definition) is 5. The smallest absolute Gasteiger partial charge is 0.120 e. The minimum Gasteiger partial charge on any atom is -0.396 e.